The van der Waals surface area contributed by atoms with Crippen LogP contribution in [-0.4, -0.2) is 36.8 Å². The Balaban J connectivity index is 1.45. The van der Waals surface area contributed by atoms with Crippen molar-refractivity contribution in [2.24, 2.45) is 0 Å². The second-order valence-corrected chi connectivity index (χ2v) is 7.14. The van der Waals surface area contributed by atoms with E-state index in [2.05, 4.69) is 16.7 Å². The summed E-state index contributed by atoms with van der Waals surface area (Å²) in [4.78, 5) is 23.9. The highest BCUT2D eigenvalue weighted by Crippen LogP contribution is 2.35. The molecule has 7 nitrogen and oxygen atoms in total. The van der Waals surface area contributed by atoms with Crippen molar-refractivity contribution in [2.45, 2.75) is 44.6 Å². The van der Waals surface area contributed by atoms with Gasteiger partial charge in [0.1, 0.15) is 5.60 Å². The van der Waals surface area contributed by atoms with Crippen LogP contribution in [0.15, 0.2) is 29.8 Å². The van der Waals surface area contributed by atoms with Crippen molar-refractivity contribution in [3.8, 4) is 11.5 Å². The van der Waals surface area contributed by atoms with Crippen LogP contribution in [0.3, 0.4) is 0 Å². The van der Waals surface area contributed by atoms with Crippen LogP contribution in [0.25, 0.3) is 0 Å². The van der Waals surface area contributed by atoms with Crippen LogP contribution < -0.4 is 20.1 Å². The third-order valence-electron chi connectivity index (χ3n) is 4.91. The molecule has 0 aromatic heterocycles. The molecule has 0 fully saturated rings. The summed E-state index contributed by atoms with van der Waals surface area (Å²) in [5.41, 5.74) is 0.563. The zero-order valence-electron chi connectivity index (χ0n) is 15.5. The molecule has 2 aliphatic rings. The van der Waals surface area contributed by atoms with Crippen LogP contribution >= 0.6 is 0 Å². The summed E-state index contributed by atoms with van der Waals surface area (Å²) in [6.07, 6.45) is 7.57. The summed E-state index contributed by atoms with van der Waals surface area (Å²) in [6, 6.07) is 5.09. The van der Waals surface area contributed by atoms with Gasteiger partial charge in [-0.3, -0.25) is 9.59 Å². The molecule has 1 heterocycles. The molecule has 2 amide bonds. The average molecular weight is 374 g/mol. The molecule has 27 heavy (non-hydrogen) atoms. The molecule has 1 aliphatic heterocycles. The predicted octanol–water partition coefficient (Wildman–Crippen LogP) is 1.75. The number of rotatable bonds is 6. The molecule has 3 rings (SSSR count). The molecule has 1 aromatic carbocycles. The highest BCUT2D eigenvalue weighted by atomic mass is 16.7. The van der Waals surface area contributed by atoms with Crippen LogP contribution in [0, 0.1) is 0 Å². The van der Waals surface area contributed by atoms with Crippen molar-refractivity contribution in [3.05, 3.63) is 35.4 Å². The van der Waals surface area contributed by atoms with Gasteiger partial charge in [0.25, 0.3) is 0 Å². The third-order valence-corrected chi connectivity index (χ3v) is 4.91. The molecule has 3 N–H and O–H groups in total. The zero-order chi connectivity index (χ0) is 19.3. The van der Waals surface area contributed by atoms with E-state index in [1.54, 1.807) is 25.1 Å². The molecule has 146 valence electrons. The Morgan fingerprint density at radius 1 is 1.15 bits per heavy atom. The van der Waals surface area contributed by atoms with E-state index in [4.69, 9.17) is 9.47 Å². The van der Waals surface area contributed by atoms with Crippen molar-refractivity contribution in [2.75, 3.05) is 19.9 Å². The van der Waals surface area contributed by atoms with Gasteiger partial charge >= 0.3 is 11.8 Å². The van der Waals surface area contributed by atoms with Gasteiger partial charge in [-0.25, -0.2) is 0 Å². The van der Waals surface area contributed by atoms with Crippen LogP contribution in [0.5, 0.6) is 11.5 Å². The van der Waals surface area contributed by atoms with Crippen molar-refractivity contribution in [3.63, 3.8) is 0 Å². The summed E-state index contributed by atoms with van der Waals surface area (Å²) in [5.74, 6) is -0.276. The Morgan fingerprint density at radius 3 is 2.70 bits per heavy atom. The fourth-order valence-corrected chi connectivity index (χ4v) is 3.21. The van der Waals surface area contributed by atoms with Crippen molar-refractivity contribution < 1.29 is 24.2 Å². The lowest BCUT2D eigenvalue weighted by Gasteiger charge is -2.24. The van der Waals surface area contributed by atoms with E-state index in [1.165, 1.54) is 18.4 Å². The van der Waals surface area contributed by atoms with Gasteiger partial charge < -0.3 is 25.2 Å². The Kier molecular flexibility index (Phi) is 6.01. The van der Waals surface area contributed by atoms with Gasteiger partial charge in [0.05, 0.1) is 6.54 Å². The average Bonchev–Trinajstić information content (AvgIpc) is 3.14. The standard InChI is InChI=1S/C20H26N2O5/c1-20(25,15-7-8-16-17(11-15)27-13-26-16)12-22-19(24)18(23)21-10-9-14-5-3-2-4-6-14/h5,7-8,11,25H,2-4,6,9-10,12-13H2,1H3,(H,21,23)(H,22,24)/t20-/m1/s1. The predicted molar refractivity (Wildman–Crippen MR) is 99.3 cm³/mol. The highest BCUT2D eigenvalue weighted by Gasteiger charge is 2.27. The van der Waals surface area contributed by atoms with Crippen LogP contribution in [0.2, 0.25) is 0 Å². The minimum Gasteiger partial charge on any atom is -0.454 e. The Bertz CT molecular complexity index is 742. The molecular formula is C20H26N2O5. The number of amides is 2. The number of hydrogen-bond donors (Lipinski definition) is 3. The second kappa shape index (κ2) is 8.43. The smallest absolute Gasteiger partial charge is 0.309 e. The summed E-state index contributed by atoms with van der Waals surface area (Å²) in [5, 5.41) is 15.8. The lowest BCUT2D eigenvalue weighted by molar-refractivity contribution is -0.139. The Labute approximate surface area is 158 Å². The lowest BCUT2D eigenvalue weighted by atomic mass is 9.95. The van der Waals surface area contributed by atoms with E-state index < -0.39 is 17.4 Å². The first-order valence-electron chi connectivity index (χ1n) is 9.32. The number of hydrogen-bond acceptors (Lipinski definition) is 5. The van der Waals surface area contributed by atoms with E-state index in [0.717, 1.165) is 19.3 Å². The summed E-state index contributed by atoms with van der Waals surface area (Å²) in [6.45, 7) is 2.06. The van der Waals surface area contributed by atoms with E-state index >= 15 is 0 Å². The molecule has 0 saturated carbocycles. The first-order valence-corrected chi connectivity index (χ1v) is 9.32. The molecule has 1 atom stereocenters. The molecule has 0 saturated heterocycles. The molecule has 0 radical (unpaired) electrons. The minimum absolute atomic E-state index is 0.0932. The molecule has 7 heteroatoms. The number of benzene rings is 1. The largest absolute Gasteiger partial charge is 0.454 e. The molecule has 0 unspecified atom stereocenters. The summed E-state index contributed by atoms with van der Waals surface area (Å²) in [7, 11) is 0. The molecule has 0 bridgehead atoms. The van der Waals surface area contributed by atoms with E-state index in [1.807, 2.05) is 0 Å². The van der Waals surface area contributed by atoms with Gasteiger partial charge in [-0.15, -0.1) is 0 Å². The number of carbonyl (C=O) groups is 2. The summed E-state index contributed by atoms with van der Waals surface area (Å²) >= 11 is 0. The van der Waals surface area contributed by atoms with E-state index in [-0.39, 0.29) is 13.3 Å². The normalized spacial score (nSPS) is 17.6. The van der Waals surface area contributed by atoms with Crippen LogP contribution in [0.4, 0.5) is 0 Å². The van der Waals surface area contributed by atoms with Gasteiger partial charge in [-0.05, 0) is 56.7 Å². The maximum absolute atomic E-state index is 12.0. The number of nitrogens with one attached hydrogen (secondary N) is 2. The first-order chi connectivity index (χ1) is 13.0. The Hall–Kier alpha value is -2.54. The van der Waals surface area contributed by atoms with Gasteiger partial charge in [0, 0.05) is 6.54 Å². The van der Waals surface area contributed by atoms with Gasteiger partial charge in [0.2, 0.25) is 6.79 Å². The fourth-order valence-electron chi connectivity index (χ4n) is 3.21. The van der Waals surface area contributed by atoms with Crippen molar-refractivity contribution in [1.29, 1.82) is 0 Å². The van der Waals surface area contributed by atoms with E-state index in [9.17, 15) is 14.7 Å². The van der Waals surface area contributed by atoms with Crippen LogP contribution in [-0.2, 0) is 15.2 Å². The first kappa shape index (κ1) is 19.2. The quantitative estimate of drug-likeness (QED) is 0.521. The minimum atomic E-state index is -1.34. The lowest BCUT2D eigenvalue weighted by Crippen LogP contribution is -2.45. The van der Waals surface area contributed by atoms with Crippen molar-refractivity contribution >= 4 is 11.8 Å². The number of aliphatic hydroxyl groups is 1. The zero-order valence-corrected chi connectivity index (χ0v) is 15.5. The fraction of sp³-hybridized carbons (Fsp3) is 0.500. The SMILES string of the molecule is C[C@@](O)(CNC(=O)C(=O)NCCC1=CCCCC1)c1ccc2c(c1)OCO2. The van der Waals surface area contributed by atoms with Gasteiger partial charge in [-0.1, -0.05) is 17.7 Å². The molecular weight excluding hydrogens is 348 g/mol. The van der Waals surface area contributed by atoms with Gasteiger partial charge in [0.15, 0.2) is 11.5 Å². The van der Waals surface area contributed by atoms with Crippen molar-refractivity contribution in [1.82, 2.24) is 10.6 Å². The maximum atomic E-state index is 12.0. The third kappa shape index (κ3) is 5.01. The van der Waals surface area contributed by atoms with Gasteiger partial charge in [-0.2, -0.15) is 0 Å². The second-order valence-electron chi connectivity index (χ2n) is 7.14. The number of carbonyl (C=O) groups excluding carboxylic acids is 2. The highest BCUT2D eigenvalue weighted by molar-refractivity contribution is 6.35. The van der Waals surface area contributed by atoms with Crippen LogP contribution in [0.1, 0.15) is 44.6 Å². The molecule has 0 spiro atoms. The number of allylic oxidation sites excluding steroid dienone is 1. The Morgan fingerprint density at radius 2 is 1.93 bits per heavy atom. The number of fused-ring (bicyclic) bond motifs is 1. The molecule has 1 aromatic rings. The van der Waals surface area contributed by atoms with E-state index in [0.29, 0.717) is 23.6 Å². The summed E-state index contributed by atoms with van der Waals surface area (Å²) < 4.78 is 10.5. The topological polar surface area (TPSA) is 96.9 Å². The monoisotopic (exact) mass is 374 g/mol. The number of ether oxygens (including phenoxy) is 2. The molecule has 1 aliphatic carbocycles. The maximum Gasteiger partial charge on any atom is 0.309 e.